The second-order valence-electron chi connectivity index (χ2n) is 7.07. The van der Waals surface area contributed by atoms with E-state index in [1.807, 2.05) is 19.1 Å². The largest absolute Gasteiger partial charge is 0.494 e. The van der Waals surface area contributed by atoms with E-state index < -0.39 is 0 Å². The molecule has 32 heavy (non-hydrogen) atoms. The standard InChI is InChI=1S/C23H28FN3O3S.ClH/c1-5-26(6-2)13-14-27(20(28)15-30-18-10-8-17(24)9-11-18)23-25-21-19(29-4)12-7-16(3)22(21)31-23;/h7-12H,5-6,13-15H2,1-4H3;1H. The van der Waals surface area contributed by atoms with Crippen molar-refractivity contribution in [2.45, 2.75) is 20.8 Å². The smallest absolute Gasteiger partial charge is 0.266 e. The molecule has 0 saturated heterocycles. The lowest BCUT2D eigenvalue weighted by molar-refractivity contribution is -0.120. The van der Waals surface area contributed by atoms with Crippen molar-refractivity contribution in [3.05, 3.63) is 47.8 Å². The zero-order chi connectivity index (χ0) is 22.4. The summed E-state index contributed by atoms with van der Waals surface area (Å²) >= 11 is 1.47. The molecule has 0 aliphatic rings. The van der Waals surface area contributed by atoms with Gasteiger partial charge in [0, 0.05) is 13.1 Å². The van der Waals surface area contributed by atoms with E-state index in [9.17, 15) is 9.18 Å². The number of aryl methyl sites for hydroxylation is 1. The molecule has 0 unspecified atom stereocenters. The summed E-state index contributed by atoms with van der Waals surface area (Å²) in [5.74, 6) is 0.576. The molecule has 1 amide bonds. The van der Waals surface area contributed by atoms with Crippen molar-refractivity contribution >= 4 is 45.0 Å². The van der Waals surface area contributed by atoms with E-state index in [0.29, 0.717) is 23.2 Å². The van der Waals surface area contributed by atoms with Crippen LogP contribution in [-0.4, -0.2) is 55.7 Å². The topological polar surface area (TPSA) is 54.9 Å². The van der Waals surface area contributed by atoms with Crippen molar-refractivity contribution in [2.24, 2.45) is 0 Å². The molecule has 0 saturated carbocycles. The molecule has 0 radical (unpaired) electrons. The van der Waals surface area contributed by atoms with Crippen LogP contribution in [-0.2, 0) is 4.79 Å². The van der Waals surface area contributed by atoms with Gasteiger partial charge in [-0.3, -0.25) is 9.69 Å². The highest BCUT2D eigenvalue weighted by Gasteiger charge is 2.22. The average Bonchev–Trinajstić information content (AvgIpc) is 3.22. The minimum absolute atomic E-state index is 0. The van der Waals surface area contributed by atoms with Gasteiger partial charge in [0.15, 0.2) is 11.7 Å². The molecule has 9 heteroatoms. The van der Waals surface area contributed by atoms with Gasteiger partial charge in [-0.1, -0.05) is 31.3 Å². The molecule has 0 spiro atoms. The van der Waals surface area contributed by atoms with E-state index >= 15 is 0 Å². The molecular weight excluding hydrogens is 453 g/mol. The molecule has 0 aliphatic heterocycles. The number of aromatic nitrogens is 1. The predicted molar refractivity (Wildman–Crippen MR) is 130 cm³/mol. The van der Waals surface area contributed by atoms with Crippen LogP contribution in [0.15, 0.2) is 36.4 Å². The van der Waals surface area contributed by atoms with Crippen LogP contribution < -0.4 is 14.4 Å². The van der Waals surface area contributed by atoms with Gasteiger partial charge in [0.2, 0.25) is 0 Å². The van der Waals surface area contributed by atoms with Crippen molar-refractivity contribution in [3.63, 3.8) is 0 Å². The van der Waals surface area contributed by atoms with Gasteiger partial charge in [-0.05, 0) is 55.9 Å². The van der Waals surface area contributed by atoms with Crippen molar-refractivity contribution in [3.8, 4) is 11.5 Å². The molecule has 1 heterocycles. The Labute approximate surface area is 198 Å². The summed E-state index contributed by atoms with van der Waals surface area (Å²) in [5.41, 5.74) is 1.83. The molecule has 0 bridgehead atoms. The number of carbonyl (C=O) groups excluding carboxylic acids is 1. The fraction of sp³-hybridized carbons (Fsp3) is 0.391. The van der Waals surface area contributed by atoms with Gasteiger partial charge in [0.25, 0.3) is 5.91 Å². The van der Waals surface area contributed by atoms with Crippen LogP contribution in [0.3, 0.4) is 0 Å². The fourth-order valence-corrected chi connectivity index (χ4v) is 4.34. The highest BCUT2D eigenvalue weighted by atomic mass is 35.5. The lowest BCUT2D eigenvalue weighted by Crippen LogP contribution is -2.41. The predicted octanol–water partition coefficient (Wildman–Crippen LogP) is 4.93. The van der Waals surface area contributed by atoms with Crippen LogP contribution in [0.4, 0.5) is 9.52 Å². The first kappa shape index (κ1) is 25.8. The van der Waals surface area contributed by atoms with E-state index in [4.69, 9.17) is 14.5 Å². The van der Waals surface area contributed by atoms with Crippen LogP contribution in [0.1, 0.15) is 19.4 Å². The van der Waals surface area contributed by atoms with E-state index in [0.717, 1.165) is 35.4 Å². The summed E-state index contributed by atoms with van der Waals surface area (Å²) in [6.45, 7) is 9.07. The second-order valence-corrected chi connectivity index (χ2v) is 8.05. The molecular formula is C23H29ClFN3O3S. The molecule has 2 aromatic carbocycles. The third-order valence-electron chi connectivity index (χ3n) is 5.15. The van der Waals surface area contributed by atoms with Gasteiger partial charge in [-0.25, -0.2) is 9.37 Å². The van der Waals surface area contributed by atoms with Crippen molar-refractivity contribution < 1.29 is 18.7 Å². The number of rotatable bonds is 10. The Morgan fingerprint density at radius 1 is 1.09 bits per heavy atom. The number of halogens is 2. The third-order valence-corrected chi connectivity index (χ3v) is 6.37. The number of anilines is 1. The maximum atomic E-state index is 13.1. The first-order valence-corrected chi connectivity index (χ1v) is 11.1. The van der Waals surface area contributed by atoms with Crippen molar-refractivity contribution in [1.82, 2.24) is 9.88 Å². The number of hydrogen-bond donors (Lipinski definition) is 0. The Bertz CT molecular complexity index is 1030. The summed E-state index contributed by atoms with van der Waals surface area (Å²) in [6.07, 6.45) is 0. The van der Waals surface area contributed by atoms with Crippen LogP contribution in [0.2, 0.25) is 0 Å². The lowest BCUT2D eigenvalue weighted by atomic mass is 10.2. The summed E-state index contributed by atoms with van der Waals surface area (Å²) in [4.78, 5) is 21.8. The number of thiazole rings is 1. The van der Waals surface area contributed by atoms with E-state index in [1.54, 1.807) is 12.0 Å². The number of hydrogen-bond acceptors (Lipinski definition) is 6. The summed E-state index contributed by atoms with van der Waals surface area (Å²) in [6, 6.07) is 9.51. The Morgan fingerprint density at radius 2 is 1.78 bits per heavy atom. The highest BCUT2D eigenvalue weighted by molar-refractivity contribution is 7.22. The van der Waals surface area contributed by atoms with E-state index in [2.05, 4.69) is 18.7 Å². The number of ether oxygens (including phenoxy) is 2. The molecule has 0 aliphatic carbocycles. The van der Waals surface area contributed by atoms with Gasteiger partial charge in [0.05, 0.1) is 11.8 Å². The minimum Gasteiger partial charge on any atom is -0.494 e. The number of methoxy groups -OCH3 is 1. The maximum absolute atomic E-state index is 13.1. The molecule has 174 valence electrons. The van der Waals surface area contributed by atoms with Crippen molar-refractivity contribution in [2.75, 3.05) is 44.8 Å². The SMILES string of the molecule is CCN(CC)CCN(C(=O)COc1ccc(F)cc1)c1nc2c(OC)ccc(C)c2s1.Cl. The number of carbonyl (C=O) groups is 1. The molecule has 1 aromatic heterocycles. The minimum atomic E-state index is -0.349. The molecule has 0 N–H and O–H groups in total. The van der Waals surface area contributed by atoms with Crippen LogP contribution in [0.25, 0.3) is 10.2 Å². The zero-order valence-corrected chi connectivity index (χ0v) is 20.4. The molecule has 0 fully saturated rings. The van der Waals surface area contributed by atoms with Crippen LogP contribution in [0, 0.1) is 12.7 Å². The number of benzene rings is 2. The molecule has 3 rings (SSSR count). The number of nitrogens with zero attached hydrogens (tertiary/aromatic N) is 3. The normalized spacial score (nSPS) is 10.8. The third kappa shape index (κ3) is 6.09. The highest BCUT2D eigenvalue weighted by Crippen LogP contribution is 2.36. The van der Waals surface area contributed by atoms with Gasteiger partial charge in [-0.2, -0.15) is 0 Å². The Morgan fingerprint density at radius 3 is 2.41 bits per heavy atom. The van der Waals surface area contributed by atoms with Crippen LogP contribution >= 0.6 is 23.7 Å². The van der Waals surface area contributed by atoms with E-state index in [1.165, 1.54) is 35.6 Å². The Hall–Kier alpha value is -2.42. The summed E-state index contributed by atoms with van der Waals surface area (Å²) in [5, 5.41) is 0.613. The number of fused-ring (bicyclic) bond motifs is 1. The number of likely N-dealkylation sites (N-methyl/N-ethyl adjacent to an activating group) is 1. The fourth-order valence-electron chi connectivity index (χ4n) is 3.24. The van der Waals surface area contributed by atoms with Gasteiger partial charge in [0.1, 0.15) is 22.8 Å². The van der Waals surface area contributed by atoms with Crippen molar-refractivity contribution in [1.29, 1.82) is 0 Å². The lowest BCUT2D eigenvalue weighted by Gasteiger charge is -2.24. The average molecular weight is 482 g/mol. The maximum Gasteiger partial charge on any atom is 0.266 e. The van der Waals surface area contributed by atoms with Crippen LogP contribution in [0.5, 0.6) is 11.5 Å². The molecule has 6 nitrogen and oxygen atoms in total. The summed E-state index contributed by atoms with van der Waals surface area (Å²) in [7, 11) is 1.61. The quantitative estimate of drug-likeness (QED) is 0.411. The monoisotopic (exact) mass is 481 g/mol. The van der Waals surface area contributed by atoms with E-state index in [-0.39, 0.29) is 30.7 Å². The molecule has 3 aromatic rings. The van der Waals surface area contributed by atoms with Gasteiger partial charge < -0.3 is 14.4 Å². The Kier molecular flexibility index (Phi) is 9.68. The molecule has 0 atom stereocenters. The first-order chi connectivity index (χ1) is 15.0. The van der Waals surface area contributed by atoms with Gasteiger partial charge in [-0.15, -0.1) is 12.4 Å². The zero-order valence-electron chi connectivity index (χ0n) is 18.8. The summed E-state index contributed by atoms with van der Waals surface area (Å²) < 4.78 is 25.2. The Balaban J connectivity index is 0.00000363. The van der Waals surface area contributed by atoms with Gasteiger partial charge >= 0.3 is 0 Å². The first-order valence-electron chi connectivity index (χ1n) is 10.3. The number of amides is 1. The second kappa shape index (κ2) is 12.0.